The zero-order valence-electron chi connectivity index (χ0n) is 10.8. The first-order valence-electron chi connectivity index (χ1n) is 5.86. The Labute approximate surface area is 114 Å². The van der Waals surface area contributed by atoms with E-state index in [4.69, 9.17) is 9.84 Å². The molecular formula is C12H14N4O4. The zero-order valence-corrected chi connectivity index (χ0v) is 10.8. The lowest BCUT2D eigenvalue weighted by molar-refractivity contribution is 0.0690. The molecule has 8 heteroatoms. The number of nitrogens with one attached hydrogen (secondary N) is 2. The summed E-state index contributed by atoms with van der Waals surface area (Å²) < 4.78 is 6.70. The monoisotopic (exact) mass is 278 g/mol. The maximum Gasteiger partial charge on any atom is 0.353 e. The lowest BCUT2D eigenvalue weighted by Gasteiger charge is -2.07. The Morgan fingerprint density at radius 2 is 2.35 bits per heavy atom. The van der Waals surface area contributed by atoms with Crippen LogP contribution in [0.4, 0.5) is 5.82 Å². The standard InChI is InChI=1S/C12H14N4O4/c1-20-6-5-16-4-2-3-9(16)11(17)13-10-7-8(12(18)19)14-15-10/h2-4,7H,5-6H2,1H3,(H,18,19)(H2,13,14,15,17). The molecular weight excluding hydrogens is 264 g/mol. The van der Waals surface area contributed by atoms with Crippen molar-refractivity contribution in [2.75, 3.05) is 19.0 Å². The van der Waals surface area contributed by atoms with E-state index < -0.39 is 5.97 Å². The Bertz CT molecular complexity index is 617. The molecule has 0 aliphatic carbocycles. The SMILES string of the molecule is COCCn1cccc1C(=O)Nc1cc(C(=O)O)[nH]n1. The van der Waals surface area contributed by atoms with Gasteiger partial charge >= 0.3 is 5.97 Å². The van der Waals surface area contributed by atoms with E-state index in [1.807, 2.05) is 0 Å². The van der Waals surface area contributed by atoms with Crippen LogP contribution in [-0.2, 0) is 11.3 Å². The number of carboxylic acid groups (broad SMARTS) is 1. The summed E-state index contributed by atoms with van der Waals surface area (Å²) in [5, 5.41) is 17.3. The number of ether oxygens (including phenoxy) is 1. The normalized spacial score (nSPS) is 10.4. The fourth-order valence-electron chi connectivity index (χ4n) is 1.68. The van der Waals surface area contributed by atoms with Crippen molar-refractivity contribution in [2.24, 2.45) is 0 Å². The van der Waals surface area contributed by atoms with Gasteiger partial charge in [0.1, 0.15) is 11.4 Å². The van der Waals surface area contributed by atoms with Crippen LogP contribution in [0.25, 0.3) is 0 Å². The zero-order chi connectivity index (χ0) is 14.5. The number of methoxy groups -OCH3 is 1. The molecule has 0 bridgehead atoms. The molecule has 2 heterocycles. The third kappa shape index (κ3) is 3.04. The summed E-state index contributed by atoms with van der Waals surface area (Å²) in [5.74, 6) is -1.34. The lowest BCUT2D eigenvalue weighted by Crippen LogP contribution is -2.18. The summed E-state index contributed by atoms with van der Waals surface area (Å²) in [6, 6.07) is 4.66. The fourth-order valence-corrected chi connectivity index (χ4v) is 1.68. The first-order valence-corrected chi connectivity index (χ1v) is 5.86. The van der Waals surface area contributed by atoms with Crippen LogP contribution >= 0.6 is 0 Å². The van der Waals surface area contributed by atoms with Gasteiger partial charge in [-0.1, -0.05) is 0 Å². The molecule has 1 amide bonds. The first-order chi connectivity index (χ1) is 9.61. The van der Waals surface area contributed by atoms with Gasteiger partial charge in [0.2, 0.25) is 0 Å². The molecule has 8 nitrogen and oxygen atoms in total. The number of amides is 1. The van der Waals surface area contributed by atoms with Crippen molar-refractivity contribution < 1.29 is 19.4 Å². The molecule has 106 valence electrons. The molecule has 0 saturated carbocycles. The highest BCUT2D eigenvalue weighted by molar-refractivity contribution is 6.03. The van der Waals surface area contributed by atoms with E-state index in [2.05, 4.69) is 15.5 Å². The smallest absolute Gasteiger partial charge is 0.353 e. The molecule has 0 fully saturated rings. The topological polar surface area (TPSA) is 109 Å². The highest BCUT2D eigenvalue weighted by Crippen LogP contribution is 2.09. The van der Waals surface area contributed by atoms with Crippen LogP contribution in [0, 0.1) is 0 Å². The molecule has 2 rings (SSSR count). The number of carbonyl (C=O) groups is 2. The second kappa shape index (κ2) is 6.02. The van der Waals surface area contributed by atoms with Crippen molar-refractivity contribution in [3.8, 4) is 0 Å². The highest BCUT2D eigenvalue weighted by Gasteiger charge is 2.14. The van der Waals surface area contributed by atoms with Crippen molar-refractivity contribution in [3.63, 3.8) is 0 Å². The molecule has 0 spiro atoms. The molecule has 0 unspecified atom stereocenters. The van der Waals surface area contributed by atoms with Gasteiger partial charge in [-0.25, -0.2) is 4.79 Å². The van der Waals surface area contributed by atoms with Gasteiger partial charge in [-0.2, -0.15) is 5.10 Å². The summed E-state index contributed by atoms with van der Waals surface area (Å²) in [6.07, 6.45) is 1.77. The molecule has 0 atom stereocenters. The first kappa shape index (κ1) is 13.8. The third-order valence-corrected chi connectivity index (χ3v) is 2.65. The summed E-state index contributed by atoms with van der Waals surface area (Å²) in [5.41, 5.74) is 0.358. The number of hydrogen-bond donors (Lipinski definition) is 3. The largest absolute Gasteiger partial charge is 0.477 e. The van der Waals surface area contributed by atoms with E-state index >= 15 is 0 Å². The van der Waals surface area contributed by atoms with Gasteiger partial charge in [0.25, 0.3) is 5.91 Å². The predicted octanol–water partition coefficient (Wildman–Crippen LogP) is 0.808. The molecule has 20 heavy (non-hydrogen) atoms. The van der Waals surface area contributed by atoms with Crippen LogP contribution < -0.4 is 5.32 Å². The van der Waals surface area contributed by atoms with Gasteiger partial charge in [0.05, 0.1) is 6.61 Å². The number of hydrogen-bond acceptors (Lipinski definition) is 4. The predicted molar refractivity (Wildman–Crippen MR) is 69.8 cm³/mol. The number of rotatable bonds is 6. The van der Waals surface area contributed by atoms with Crippen molar-refractivity contribution in [1.29, 1.82) is 0 Å². The number of H-pyrrole nitrogens is 1. The van der Waals surface area contributed by atoms with E-state index in [0.717, 1.165) is 0 Å². The number of aromatic carboxylic acids is 1. The van der Waals surface area contributed by atoms with E-state index in [0.29, 0.717) is 18.8 Å². The minimum atomic E-state index is -1.14. The number of anilines is 1. The van der Waals surface area contributed by atoms with Gasteiger partial charge in [-0.15, -0.1) is 0 Å². The molecule has 3 N–H and O–H groups in total. The van der Waals surface area contributed by atoms with Crippen LogP contribution in [0.5, 0.6) is 0 Å². The van der Waals surface area contributed by atoms with E-state index in [9.17, 15) is 9.59 Å². The van der Waals surface area contributed by atoms with Gasteiger partial charge in [-0.3, -0.25) is 9.89 Å². The molecule has 0 aliphatic heterocycles. The highest BCUT2D eigenvalue weighted by atomic mass is 16.5. The summed E-state index contributed by atoms with van der Waals surface area (Å²) in [4.78, 5) is 22.8. The van der Waals surface area contributed by atoms with Crippen LogP contribution in [0.2, 0.25) is 0 Å². The van der Waals surface area contributed by atoms with Crippen LogP contribution in [0.1, 0.15) is 21.0 Å². The summed E-state index contributed by atoms with van der Waals surface area (Å²) in [6.45, 7) is 1.04. The number of carboxylic acids is 1. The van der Waals surface area contributed by atoms with E-state index in [1.54, 1.807) is 30.0 Å². The quantitative estimate of drug-likeness (QED) is 0.724. The van der Waals surface area contributed by atoms with Crippen molar-refractivity contribution in [3.05, 3.63) is 35.8 Å². The second-order valence-electron chi connectivity index (χ2n) is 4.01. The molecule has 0 saturated heterocycles. The van der Waals surface area contributed by atoms with Gasteiger partial charge < -0.3 is 19.7 Å². The maximum atomic E-state index is 12.1. The van der Waals surface area contributed by atoms with Crippen molar-refractivity contribution >= 4 is 17.7 Å². The van der Waals surface area contributed by atoms with Crippen LogP contribution in [0.15, 0.2) is 24.4 Å². The Balaban J connectivity index is 2.07. The minimum Gasteiger partial charge on any atom is -0.477 e. The van der Waals surface area contributed by atoms with Gasteiger partial charge in [-0.05, 0) is 12.1 Å². The fraction of sp³-hybridized carbons (Fsp3) is 0.250. The molecule has 2 aromatic rings. The van der Waals surface area contributed by atoms with Crippen molar-refractivity contribution in [2.45, 2.75) is 6.54 Å². The van der Waals surface area contributed by atoms with Gasteiger partial charge in [0, 0.05) is 25.9 Å². The third-order valence-electron chi connectivity index (χ3n) is 2.65. The maximum absolute atomic E-state index is 12.1. The molecule has 0 aromatic carbocycles. The van der Waals surface area contributed by atoms with Crippen LogP contribution in [0.3, 0.4) is 0 Å². The number of nitrogens with zero attached hydrogens (tertiary/aromatic N) is 2. The van der Waals surface area contributed by atoms with E-state index in [1.165, 1.54) is 6.07 Å². The average molecular weight is 278 g/mol. The Kier molecular flexibility index (Phi) is 4.16. The number of aromatic amines is 1. The van der Waals surface area contributed by atoms with Gasteiger partial charge in [0.15, 0.2) is 5.82 Å². The van der Waals surface area contributed by atoms with Crippen LogP contribution in [-0.4, -0.2) is 45.5 Å². The Hall–Kier alpha value is -2.61. The second-order valence-corrected chi connectivity index (χ2v) is 4.01. The Morgan fingerprint density at radius 3 is 3.00 bits per heavy atom. The summed E-state index contributed by atoms with van der Waals surface area (Å²) >= 11 is 0. The molecule has 0 radical (unpaired) electrons. The number of carbonyl (C=O) groups excluding carboxylic acids is 1. The Morgan fingerprint density at radius 1 is 1.55 bits per heavy atom. The molecule has 2 aromatic heterocycles. The molecule has 0 aliphatic rings. The number of aromatic nitrogens is 3. The lowest BCUT2D eigenvalue weighted by atomic mass is 10.3. The minimum absolute atomic E-state index is 0.0879. The summed E-state index contributed by atoms with van der Waals surface area (Å²) in [7, 11) is 1.58. The van der Waals surface area contributed by atoms with Crippen molar-refractivity contribution in [1.82, 2.24) is 14.8 Å². The average Bonchev–Trinajstić information content (AvgIpc) is 3.04. The van der Waals surface area contributed by atoms with E-state index in [-0.39, 0.29) is 17.4 Å².